The molecule has 1 aromatic heterocycles. The number of halogens is 1. The third-order valence-electron chi connectivity index (χ3n) is 4.66. The van der Waals surface area contributed by atoms with Crippen molar-refractivity contribution in [3.63, 3.8) is 0 Å². The zero-order chi connectivity index (χ0) is 19.2. The fourth-order valence-electron chi connectivity index (χ4n) is 3.26. The SMILES string of the molecule is CCc1nc(CCNC(=NC)NC2CC(=O)N(c3ccccc3)C2)sc1C.I. The van der Waals surface area contributed by atoms with E-state index in [-0.39, 0.29) is 35.9 Å². The van der Waals surface area contributed by atoms with Crippen molar-refractivity contribution in [2.24, 2.45) is 4.99 Å². The maximum absolute atomic E-state index is 12.3. The van der Waals surface area contributed by atoms with Crippen molar-refractivity contribution in [1.29, 1.82) is 0 Å². The van der Waals surface area contributed by atoms with Crippen LogP contribution in [0.4, 0.5) is 5.69 Å². The van der Waals surface area contributed by atoms with Gasteiger partial charge in [-0.2, -0.15) is 0 Å². The number of anilines is 1. The van der Waals surface area contributed by atoms with Gasteiger partial charge in [0.25, 0.3) is 0 Å². The number of hydrogen-bond donors (Lipinski definition) is 2. The van der Waals surface area contributed by atoms with E-state index in [9.17, 15) is 4.79 Å². The van der Waals surface area contributed by atoms with Gasteiger partial charge >= 0.3 is 0 Å². The number of nitrogens with zero attached hydrogens (tertiary/aromatic N) is 3. The number of guanidine groups is 1. The second-order valence-corrected chi connectivity index (χ2v) is 7.89. The van der Waals surface area contributed by atoms with Crippen molar-refractivity contribution in [2.75, 3.05) is 25.0 Å². The Morgan fingerprint density at radius 1 is 1.36 bits per heavy atom. The van der Waals surface area contributed by atoms with Crippen molar-refractivity contribution in [2.45, 2.75) is 39.2 Å². The van der Waals surface area contributed by atoms with Crippen molar-refractivity contribution >= 4 is 52.9 Å². The number of nitrogens with one attached hydrogen (secondary N) is 2. The van der Waals surface area contributed by atoms with Crippen LogP contribution in [0.1, 0.15) is 28.9 Å². The second-order valence-electron chi connectivity index (χ2n) is 6.60. The molecule has 1 aliphatic heterocycles. The average molecular weight is 513 g/mol. The summed E-state index contributed by atoms with van der Waals surface area (Å²) in [6.45, 7) is 5.68. The maximum atomic E-state index is 12.3. The van der Waals surface area contributed by atoms with Gasteiger partial charge in [0.1, 0.15) is 0 Å². The smallest absolute Gasteiger partial charge is 0.229 e. The van der Waals surface area contributed by atoms with E-state index in [4.69, 9.17) is 0 Å². The first kappa shape index (κ1) is 22.6. The van der Waals surface area contributed by atoms with Gasteiger partial charge in [0.2, 0.25) is 5.91 Å². The Bertz CT molecular complexity index is 808. The highest BCUT2D eigenvalue weighted by atomic mass is 127. The molecule has 1 fully saturated rings. The lowest BCUT2D eigenvalue weighted by Gasteiger charge is -2.18. The van der Waals surface area contributed by atoms with E-state index < -0.39 is 0 Å². The van der Waals surface area contributed by atoms with Crippen LogP contribution in [0.15, 0.2) is 35.3 Å². The summed E-state index contributed by atoms with van der Waals surface area (Å²) in [6.07, 6.45) is 2.32. The van der Waals surface area contributed by atoms with Gasteiger partial charge in [-0.25, -0.2) is 4.98 Å². The quantitative estimate of drug-likeness (QED) is 0.354. The summed E-state index contributed by atoms with van der Waals surface area (Å²) in [5, 5.41) is 7.86. The Labute approximate surface area is 187 Å². The highest BCUT2D eigenvalue weighted by Gasteiger charge is 2.30. The fraction of sp³-hybridized carbons (Fsp3) is 0.450. The molecule has 1 aromatic carbocycles. The minimum atomic E-state index is 0. The highest BCUT2D eigenvalue weighted by Crippen LogP contribution is 2.21. The number of benzene rings is 1. The maximum Gasteiger partial charge on any atom is 0.229 e. The van der Waals surface area contributed by atoms with E-state index in [0.29, 0.717) is 13.0 Å². The van der Waals surface area contributed by atoms with Crippen LogP contribution < -0.4 is 15.5 Å². The van der Waals surface area contributed by atoms with Crippen molar-refractivity contribution in [3.05, 3.63) is 45.9 Å². The normalized spacial score (nSPS) is 16.8. The third kappa shape index (κ3) is 5.66. The zero-order valence-corrected chi connectivity index (χ0v) is 19.7. The predicted octanol–water partition coefficient (Wildman–Crippen LogP) is 3.14. The summed E-state index contributed by atoms with van der Waals surface area (Å²) in [6, 6.07) is 9.85. The molecule has 2 heterocycles. The van der Waals surface area contributed by atoms with Crippen molar-refractivity contribution in [3.8, 4) is 0 Å². The largest absolute Gasteiger partial charge is 0.356 e. The number of carbonyl (C=O) groups excluding carboxylic acids is 1. The summed E-state index contributed by atoms with van der Waals surface area (Å²) in [5.74, 6) is 0.867. The zero-order valence-electron chi connectivity index (χ0n) is 16.6. The Hall–Kier alpha value is -1.68. The molecule has 8 heteroatoms. The van der Waals surface area contributed by atoms with E-state index in [0.717, 1.165) is 36.0 Å². The van der Waals surface area contributed by atoms with E-state index in [2.05, 4.69) is 34.5 Å². The Balaban J connectivity index is 0.00000280. The molecule has 0 radical (unpaired) electrons. The van der Waals surface area contributed by atoms with Gasteiger partial charge in [-0.3, -0.25) is 9.79 Å². The number of para-hydroxylation sites is 1. The number of thiazole rings is 1. The van der Waals surface area contributed by atoms with Crippen LogP contribution in [0, 0.1) is 6.92 Å². The molecule has 0 bridgehead atoms. The number of aromatic nitrogens is 1. The first-order valence-electron chi connectivity index (χ1n) is 9.38. The van der Waals surface area contributed by atoms with E-state index in [1.165, 1.54) is 10.6 Å². The standard InChI is InChI=1S/C20H27N5OS.HI/c1-4-17-14(2)27-18(24-17)10-11-22-20(21-3)23-15-12-19(26)25(13-15)16-8-6-5-7-9-16;/h5-9,15H,4,10-13H2,1-3H3,(H2,21,22,23);1H. The van der Waals surface area contributed by atoms with E-state index in [1.54, 1.807) is 18.4 Å². The lowest BCUT2D eigenvalue weighted by atomic mass is 10.2. The van der Waals surface area contributed by atoms with Crippen molar-refractivity contribution in [1.82, 2.24) is 15.6 Å². The summed E-state index contributed by atoms with van der Waals surface area (Å²) in [7, 11) is 1.75. The number of aliphatic imine (C=N–C) groups is 1. The van der Waals surface area contributed by atoms with Crippen LogP contribution >= 0.6 is 35.3 Å². The molecule has 1 aliphatic rings. The average Bonchev–Trinajstić information content (AvgIpc) is 3.23. The molecule has 1 unspecified atom stereocenters. The Morgan fingerprint density at radius 2 is 2.11 bits per heavy atom. The van der Waals surface area contributed by atoms with Crippen LogP contribution in [-0.2, 0) is 17.6 Å². The monoisotopic (exact) mass is 513 g/mol. The number of carbonyl (C=O) groups is 1. The lowest BCUT2D eigenvalue weighted by Crippen LogP contribution is -2.45. The van der Waals surface area contributed by atoms with E-state index in [1.807, 2.05) is 35.2 Å². The van der Waals surface area contributed by atoms with Crippen LogP contribution in [0.3, 0.4) is 0 Å². The summed E-state index contributed by atoms with van der Waals surface area (Å²) < 4.78 is 0. The van der Waals surface area contributed by atoms with Gasteiger partial charge in [0, 0.05) is 43.5 Å². The van der Waals surface area contributed by atoms with Crippen LogP contribution in [0.25, 0.3) is 0 Å². The lowest BCUT2D eigenvalue weighted by molar-refractivity contribution is -0.117. The second kappa shape index (κ2) is 10.8. The molecule has 1 saturated heterocycles. The molecular formula is C20H28IN5OS. The van der Waals surface area contributed by atoms with E-state index >= 15 is 0 Å². The van der Waals surface area contributed by atoms with Crippen molar-refractivity contribution < 1.29 is 4.79 Å². The first-order valence-corrected chi connectivity index (χ1v) is 10.2. The topological polar surface area (TPSA) is 69.6 Å². The van der Waals surface area contributed by atoms with Crippen LogP contribution in [-0.4, -0.2) is 43.0 Å². The molecule has 28 heavy (non-hydrogen) atoms. The third-order valence-corrected chi connectivity index (χ3v) is 5.73. The molecule has 0 aliphatic carbocycles. The number of aryl methyl sites for hydroxylation is 2. The number of rotatable bonds is 6. The molecule has 6 nitrogen and oxygen atoms in total. The van der Waals surface area contributed by atoms with Gasteiger partial charge in [-0.15, -0.1) is 35.3 Å². The summed E-state index contributed by atoms with van der Waals surface area (Å²) in [5.41, 5.74) is 2.14. The Morgan fingerprint density at radius 3 is 2.75 bits per heavy atom. The number of hydrogen-bond acceptors (Lipinski definition) is 4. The van der Waals surface area contributed by atoms with Gasteiger partial charge < -0.3 is 15.5 Å². The fourth-order valence-corrected chi connectivity index (χ4v) is 4.28. The molecule has 1 atom stereocenters. The van der Waals surface area contributed by atoms with Gasteiger partial charge in [0.05, 0.1) is 16.7 Å². The Kier molecular flexibility index (Phi) is 8.68. The highest BCUT2D eigenvalue weighted by molar-refractivity contribution is 14.0. The van der Waals surface area contributed by atoms with Gasteiger partial charge in [-0.05, 0) is 25.5 Å². The first-order chi connectivity index (χ1) is 13.1. The van der Waals surface area contributed by atoms with Gasteiger partial charge in [-0.1, -0.05) is 25.1 Å². The number of amides is 1. The molecule has 2 N–H and O–H groups in total. The summed E-state index contributed by atoms with van der Waals surface area (Å²) >= 11 is 1.77. The molecule has 2 aromatic rings. The van der Waals surface area contributed by atoms with Crippen LogP contribution in [0.5, 0.6) is 0 Å². The molecule has 0 spiro atoms. The summed E-state index contributed by atoms with van der Waals surface area (Å²) in [4.78, 5) is 24.4. The van der Waals surface area contributed by atoms with Crippen LogP contribution in [0.2, 0.25) is 0 Å². The predicted molar refractivity (Wildman–Crippen MR) is 127 cm³/mol. The molecular weight excluding hydrogens is 485 g/mol. The molecule has 152 valence electrons. The molecule has 1 amide bonds. The molecule has 0 saturated carbocycles. The minimum absolute atomic E-state index is 0. The van der Waals surface area contributed by atoms with Gasteiger partial charge in [0.15, 0.2) is 5.96 Å². The molecule has 3 rings (SSSR count). The minimum Gasteiger partial charge on any atom is -0.356 e.